The van der Waals surface area contributed by atoms with Crippen LogP contribution in [0.3, 0.4) is 0 Å². The zero-order valence-corrected chi connectivity index (χ0v) is 12.4. The van der Waals surface area contributed by atoms with Crippen LogP contribution in [0.25, 0.3) is 0 Å². The number of urea groups is 1. The van der Waals surface area contributed by atoms with E-state index in [1.165, 1.54) is 6.42 Å². The van der Waals surface area contributed by atoms with Gasteiger partial charge in [0.2, 0.25) is 0 Å². The molecule has 3 rings (SSSR count). The van der Waals surface area contributed by atoms with E-state index in [-0.39, 0.29) is 35.7 Å². The summed E-state index contributed by atoms with van der Waals surface area (Å²) in [6.45, 7) is 0.907. The number of ether oxygens (including phenoxy) is 1. The van der Waals surface area contributed by atoms with Gasteiger partial charge in [-0.25, -0.2) is 13.2 Å². The van der Waals surface area contributed by atoms with Gasteiger partial charge in [0, 0.05) is 12.6 Å². The third kappa shape index (κ3) is 2.93. The summed E-state index contributed by atoms with van der Waals surface area (Å²) < 4.78 is 28.9. The molecule has 3 fully saturated rings. The first-order valence-electron chi connectivity index (χ1n) is 7.44. The van der Waals surface area contributed by atoms with Crippen molar-refractivity contribution in [3.8, 4) is 0 Å². The maximum Gasteiger partial charge on any atom is 0.318 e. The molecule has 0 radical (unpaired) electrons. The van der Waals surface area contributed by atoms with Gasteiger partial charge in [-0.15, -0.1) is 0 Å². The lowest BCUT2D eigenvalue weighted by molar-refractivity contribution is -0.0294. The molecule has 1 saturated carbocycles. The molecular formula is C13H22N2O4S. The van der Waals surface area contributed by atoms with Gasteiger partial charge in [0.15, 0.2) is 9.84 Å². The molecule has 0 bridgehead atoms. The Morgan fingerprint density at radius 3 is 2.65 bits per heavy atom. The SMILES string of the molecule is O=C(NC1CCCCC1)N1CCOC2CS(=O)(=O)CC21. The van der Waals surface area contributed by atoms with Crippen molar-refractivity contribution >= 4 is 15.9 Å². The lowest BCUT2D eigenvalue weighted by Gasteiger charge is -2.37. The number of amides is 2. The van der Waals surface area contributed by atoms with Crippen LogP contribution < -0.4 is 5.32 Å². The zero-order valence-electron chi connectivity index (χ0n) is 11.6. The molecular weight excluding hydrogens is 280 g/mol. The van der Waals surface area contributed by atoms with E-state index in [2.05, 4.69) is 5.32 Å². The van der Waals surface area contributed by atoms with Crippen LogP contribution in [0, 0.1) is 0 Å². The van der Waals surface area contributed by atoms with E-state index in [9.17, 15) is 13.2 Å². The molecule has 1 N–H and O–H groups in total. The highest BCUT2D eigenvalue weighted by molar-refractivity contribution is 7.91. The minimum absolute atomic E-state index is 0.0375. The van der Waals surface area contributed by atoms with Gasteiger partial charge in [-0.3, -0.25) is 0 Å². The van der Waals surface area contributed by atoms with Gasteiger partial charge >= 0.3 is 6.03 Å². The summed E-state index contributed by atoms with van der Waals surface area (Å²) in [6, 6.07) is -0.180. The second kappa shape index (κ2) is 5.52. The van der Waals surface area contributed by atoms with E-state index in [1.807, 2.05) is 0 Å². The Kier molecular flexibility index (Phi) is 3.90. The lowest BCUT2D eigenvalue weighted by Crippen LogP contribution is -2.57. The maximum atomic E-state index is 12.4. The van der Waals surface area contributed by atoms with Crippen molar-refractivity contribution in [3.05, 3.63) is 0 Å². The van der Waals surface area contributed by atoms with Gasteiger partial charge in [0.25, 0.3) is 0 Å². The van der Waals surface area contributed by atoms with E-state index in [0.717, 1.165) is 25.7 Å². The van der Waals surface area contributed by atoms with E-state index in [4.69, 9.17) is 4.74 Å². The molecule has 2 heterocycles. The Hall–Kier alpha value is -0.820. The molecule has 0 aromatic carbocycles. The van der Waals surface area contributed by atoms with E-state index < -0.39 is 9.84 Å². The second-order valence-corrected chi connectivity index (χ2v) is 8.19. The minimum Gasteiger partial charge on any atom is -0.373 e. The van der Waals surface area contributed by atoms with Crippen molar-refractivity contribution in [2.75, 3.05) is 24.7 Å². The van der Waals surface area contributed by atoms with Crippen molar-refractivity contribution < 1.29 is 17.9 Å². The lowest BCUT2D eigenvalue weighted by atomic mass is 9.96. The number of nitrogens with one attached hydrogen (secondary N) is 1. The minimum atomic E-state index is -3.08. The normalized spacial score (nSPS) is 33.7. The van der Waals surface area contributed by atoms with Gasteiger partial charge in [0.1, 0.15) is 0 Å². The summed E-state index contributed by atoms with van der Waals surface area (Å²) in [5.41, 5.74) is 0. The van der Waals surface area contributed by atoms with Crippen LogP contribution >= 0.6 is 0 Å². The van der Waals surface area contributed by atoms with E-state index in [0.29, 0.717) is 13.2 Å². The number of carbonyl (C=O) groups is 1. The fourth-order valence-electron chi connectivity index (χ4n) is 3.47. The summed E-state index contributed by atoms with van der Waals surface area (Å²) in [5, 5.41) is 3.07. The van der Waals surface area contributed by atoms with Crippen molar-refractivity contribution in [1.29, 1.82) is 0 Å². The number of nitrogens with zero attached hydrogens (tertiary/aromatic N) is 1. The molecule has 2 unspecified atom stereocenters. The number of fused-ring (bicyclic) bond motifs is 1. The monoisotopic (exact) mass is 302 g/mol. The number of morpholine rings is 1. The van der Waals surface area contributed by atoms with Crippen LogP contribution in [0.4, 0.5) is 4.79 Å². The van der Waals surface area contributed by atoms with Crippen LogP contribution in [-0.4, -0.2) is 62.2 Å². The molecule has 3 aliphatic rings. The Bertz CT molecular complexity index is 473. The number of hydrogen-bond donors (Lipinski definition) is 1. The Morgan fingerprint density at radius 1 is 1.15 bits per heavy atom. The first kappa shape index (κ1) is 14.1. The smallest absolute Gasteiger partial charge is 0.318 e. The third-order valence-electron chi connectivity index (χ3n) is 4.53. The molecule has 2 amide bonds. The van der Waals surface area contributed by atoms with Crippen LogP contribution in [0.15, 0.2) is 0 Å². The van der Waals surface area contributed by atoms with Gasteiger partial charge in [-0.05, 0) is 12.8 Å². The molecule has 2 saturated heterocycles. The molecule has 114 valence electrons. The summed E-state index contributed by atoms with van der Waals surface area (Å²) in [6.07, 6.45) is 5.28. The van der Waals surface area contributed by atoms with Crippen LogP contribution in [0.1, 0.15) is 32.1 Å². The van der Waals surface area contributed by atoms with Crippen LogP contribution in [0.2, 0.25) is 0 Å². The van der Waals surface area contributed by atoms with Crippen molar-refractivity contribution in [1.82, 2.24) is 10.2 Å². The highest BCUT2D eigenvalue weighted by Crippen LogP contribution is 2.25. The van der Waals surface area contributed by atoms with Crippen molar-refractivity contribution in [2.24, 2.45) is 0 Å². The molecule has 1 aliphatic carbocycles. The fourth-order valence-corrected chi connectivity index (χ4v) is 5.34. The van der Waals surface area contributed by atoms with E-state index in [1.54, 1.807) is 4.90 Å². The van der Waals surface area contributed by atoms with Gasteiger partial charge in [0.05, 0.1) is 30.3 Å². The Balaban J connectivity index is 1.64. The number of sulfone groups is 1. The quantitative estimate of drug-likeness (QED) is 0.766. The largest absolute Gasteiger partial charge is 0.373 e. The molecule has 6 nitrogen and oxygen atoms in total. The summed E-state index contributed by atoms with van der Waals surface area (Å²) in [5.74, 6) is 0.0840. The highest BCUT2D eigenvalue weighted by Gasteiger charge is 2.45. The average Bonchev–Trinajstić information content (AvgIpc) is 2.73. The first-order chi connectivity index (χ1) is 9.55. The number of carbonyl (C=O) groups excluding carboxylic acids is 1. The van der Waals surface area contributed by atoms with Gasteiger partial charge in [-0.2, -0.15) is 0 Å². The van der Waals surface area contributed by atoms with Crippen molar-refractivity contribution in [3.63, 3.8) is 0 Å². The standard InChI is InChI=1S/C13H22N2O4S/c16-13(14-10-4-2-1-3-5-10)15-6-7-19-12-9-20(17,18)8-11(12)15/h10-12H,1-9H2,(H,14,16). The first-order valence-corrected chi connectivity index (χ1v) is 9.26. The molecule has 2 aliphatic heterocycles. The Labute approximate surface area is 119 Å². The zero-order chi connectivity index (χ0) is 14.2. The molecule has 2 atom stereocenters. The molecule has 7 heteroatoms. The molecule has 20 heavy (non-hydrogen) atoms. The molecule has 0 spiro atoms. The van der Waals surface area contributed by atoms with Gasteiger partial charge < -0.3 is 15.0 Å². The molecule has 0 aromatic rings. The maximum absolute atomic E-state index is 12.4. The molecule has 0 aromatic heterocycles. The van der Waals surface area contributed by atoms with Gasteiger partial charge in [-0.1, -0.05) is 19.3 Å². The summed E-state index contributed by atoms with van der Waals surface area (Å²) in [4.78, 5) is 14.1. The number of rotatable bonds is 1. The Morgan fingerprint density at radius 2 is 1.90 bits per heavy atom. The van der Waals surface area contributed by atoms with E-state index >= 15 is 0 Å². The predicted molar refractivity (Wildman–Crippen MR) is 74.3 cm³/mol. The average molecular weight is 302 g/mol. The summed E-state index contributed by atoms with van der Waals surface area (Å²) in [7, 11) is -3.08. The van der Waals surface area contributed by atoms with Crippen LogP contribution in [-0.2, 0) is 14.6 Å². The second-order valence-electron chi connectivity index (χ2n) is 6.03. The highest BCUT2D eigenvalue weighted by atomic mass is 32.2. The third-order valence-corrected chi connectivity index (χ3v) is 6.22. The summed E-state index contributed by atoms with van der Waals surface area (Å²) >= 11 is 0. The fraction of sp³-hybridized carbons (Fsp3) is 0.923. The van der Waals surface area contributed by atoms with Crippen molar-refractivity contribution in [2.45, 2.75) is 50.3 Å². The topological polar surface area (TPSA) is 75.7 Å². The number of hydrogen-bond acceptors (Lipinski definition) is 4. The predicted octanol–water partition coefficient (Wildman–Crippen LogP) is 0.527. The van der Waals surface area contributed by atoms with Crippen LogP contribution in [0.5, 0.6) is 0 Å².